The van der Waals surface area contributed by atoms with Gasteiger partial charge in [0, 0.05) is 5.92 Å². The summed E-state index contributed by atoms with van der Waals surface area (Å²) < 4.78 is 26.4. The largest absolute Gasteiger partial charge is 0.290 e. The van der Waals surface area contributed by atoms with Crippen LogP contribution in [0.1, 0.15) is 12.8 Å². The van der Waals surface area contributed by atoms with Crippen molar-refractivity contribution >= 4 is 40.5 Å². The fraction of sp³-hybridized carbons (Fsp3) is 0.188. The Bertz CT molecular complexity index is 766. The van der Waals surface area contributed by atoms with Crippen LogP contribution in [0.3, 0.4) is 0 Å². The van der Waals surface area contributed by atoms with Crippen molar-refractivity contribution in [3.8, 4) is 0 Å². The van der Waals surface area contributed by atoms with Crippen molar-refractivity contribution in [2.45, 2.75) is 12.8 Å². The van der Waals surface area contributed by atoms with Crippen molar-refractivity contribution in [1.29, 1.82) is 0 Å². The molecule has 0 heterocycles. The molecule has 1 fully saturated rings. The van der Waals surface area contributed by atoms with Crippen LogP contribution in [0.25, 0.3) is 0 Å². The molecule has 3 nitrogen and oxygen atoms in total. The van der Waals surface area contributed by atoms with Gasteiger partial charge >= 0.3 is 0 Å². The summed E-state index contributed by atoms with van der Waals surface area (Å²) in [7, 11) is 0. The Morgan fingerprint density at radius 3 is 2.22 bits per heavy atom. The number of hydrogen-bond donors (Lipinski definition) is 1. The molecule has 0 unspecified atom stereocenters. The van der Waals surface area contributed by atoms with Crippen LogP contribution < -0.4 is 10.4 Å². The van der Waals surface area contributed by atoms with E-state index in [1.165, 1.54) is 29.3 Å². The van der Waals surface area contributed by atoms with E-state index in [-0.39, 0.29) is 21.9 Å². The summed E-state index contributed by atoms with van der Waals surface area (Å²) in [5, 5.41) is 1.44. The third kappa shape index (κ3) is 3.57. The molecule has 0 atom stereocenters. The average molecular weight is 357 g/mol. The zero-order chi connectivity index (χ0) is 16.6. The predicted molar refractivity (Wildman–Crippen MR) is 86.7 cm³/mol. The van der Waals surface area contributed by atoms with E-state index in [9.17, 15) is 13.6 Å². The minimum Gasteiger partial charge on any atom is -0.290 e. The molecule has 0 radical (unpaired) electrons. The number of amides is 1. The van der Waals surface area contributed by atoms with Crippen molar-refractivity contribution in [3.05, 3.63) is 58.1 Å². The van der Waals surface area contributed by atoms with E-state index in [1.54, 1.807) is 0 Å². The van der Waals surface area contributed by atoms with Gasteiger partial charge in [-0.1, -0.05) is 23.2 Å². The Labute approximate surface area is 141 Å². The molecule has 7 heteroatoms. The molecule has 2 aromatic carbocycles. The Morgan fingerprint density at radius 1 is 1.04 bits per heavy atom. The van der Waals surface area contributed by atoms with Gasteiger partial charge in [-0.2, -0.15) is 0 Å². The highest BCUT2D eigenvalue weighted by molar-refractivity contribution is 6.34. The van der Waals surface area contributed by atoms with Gasteiger partial charge in [-0.3, -0.25) is 10.2 Å². The summed E-state index contributed by atoms with van der Waals surface area (Å²) in [4.78, 5) is 12.5. The Hall–Kier alpha value is -1.85. The number of rotatable bonds is 4. The molecule has 0 aliphatic heterocycles. The van der Waals surface area contributed by atoms with E-state index in [0.29, 0.717) is 11.4 Å². The highest BCUT2D eigenvalue weighted by Crippen LogP contribution is 2.36. The van der Waals surface area contributed by atoms with Gasteiger partial charge in [0.1, 0.15) is 11.6 Å². The van der Waals surface area contributed by atoms with E-state index in [2.05, 4.69) is 5.43 Å². The molecule has 120 valence electrons. The number of carbonyl (C=O) groups is 1. The van der Waals surface area contributed by atoms with Gasteiger partial charge in [-0.05, 0) is 49.2 Å². The average Bonchev–Trinajstić information content (AvgIpc) is 3.31. The zero-order valence-electron chi connectivity index (χ0n) is 11.8. The second kappa shape index (κ2) is 6.34. The molecule has 1 amide bonds. The van der Waals surface area contributed by atoms with Gasteiger partial charge in [0.2, 0.25) is 5.91 Å². The Balaban J connectivity index is 1.96. The molecule has 0 spiro atoms. The number of hydrogen-bond acceptors (Lipinski definition) is 2. The fourth-order valence-electron chi connectivity index (χ4n) is 2.11. The maximum Gasteiger partial charge on any atom is 0.248 e. The van der Waals surface area contributed by atoms with Crippen LogP contribution in [0.4, 0.5) is 20.2 Å². The van der Waals surface area contributed by atoms with E-state index < -0.39 is 11.6 Å². The first-order chi connectivity index (χ1) is 11.0. The van der Waals surface area contributed by atoms with Gasteiger partial charge in [0.05, 0.1) is 21.4 Å². The van der Waals surface area contributed by atoms with E-state index in [0.717, 1.165) is 25.0 Å². The quantitative estimate of drug-likeness (QED) is 0.778. The van der Waals surface area contributed by atoms with Gasteiger partial charge in [-0.15, -0.1) is 0 Å². The second-order valence-corrected chi connectivity index (χ2v) is 6.09. The van der Waals surface area contributed by atoms with Crippen LogP contribution >= 0.6 is 23.2 Å². The number of halogens is 4. The van der Waals surface area contributed by atoms with Crippen LogP contribution in [0, 0.1) is 17.6 Å². The summed E-state index contributed by atoms with van der Waals surface area (Å²) in [5.41, 5.74) is 3.51. The molecule has 1 aliphatic carbocycles. The highest BCUT2D eigenvalue weighted by atomic mass is 35.5. The molecular formula is C16H12Cl2F2N2O. The fourth-order valence-corrected chi connectivity index (χ4v) is 2.57. The third-order valence-corrected chi connectivity index (χ3v) is 4.08. The number of benzene rings is 2. The second-order valence-electron chi connectivity index (χ2n) is 5.28. The van der Waals surface area contributed by atoms with Crippen molar-refractivity contribution in [2.75, 3.05) is 10.4 Å². The number of anilines is 2. The summed E-state index contributed by atoms with van der Waals surface area (Å²) in [6.45, 7) is 0. The minimum atomic E-state index is -0.502. The lowest BCUT2D eigenvalue weighted by Gasteiger charge is -2.26. The summed E-state index contributed by atoms with van der Waals surface area (Å²) in [6.07, 6.45) is 1.57. The topological polar surface area (TPSA) is 32.3 Å². The van der Waals surface area contributed by atoms with Crippen molar-refractivity contribution in [3.63, 3.8) is 0 Å². The molecule has 0 aromatic heterocycles. The van der Waals surface area contributed by atoms with Gasteiger partial charge in [0.25, 0.3) is 0 Å². The van der Waals surface area contributed by atoms with Crippen LogP contribution in [0.15, 0.2) is 36.4 Å². The number of nitrogens with zero attached hydrogens (tertiary/aromatic N) is 1. The van der Waals surface area contributed by atoms with Crippen LogP contribution in [-0.4, -0.2) is 5.91 Å². The molecule has 0 bridgehead atoms. The smallest absolute Gasteiger partial charge is 0.248 e. The van der Waals surface area contributed by atoms with Gasteiger partial charge < -0.3 is 0 Å². The van der Waals surface area contributed by atoms with Crippen molar-refractivity contribution in [2.24, 2.45) is 5.92 Å². The normalized spacial score (nSPS) is 13.7. The number of hydrazine groups is 1. The zero-order valence-corrected chi connectivity index (χ0v) is 13.3. The summed E-state index contributed by atoms with van der Waals surface area (Å²) in [5.74, 6) is -1.29. The van der Waals surface area contributed by atoms with E-state index in [4.69, 9.17) is 23.2 Å². The molecule has 1 saturated carbocycles. The highest BCUT2D eigenvalue weighted by Gasteiger charge is 2.35. The van der Waals surface area contributed by atoms with Crippen molar-refractivity contribution in [1.82, 2.24) is 0 Å². The van der Waals surface area contributed by atoms with Gasteiger partial charge in [-0.25, -0.2) is 13.8 Å². The van der Waals surface area contributed by atoms with Crippen LogP contribution in [0.2, 0.25) is 10.0 Å². The molecule has 3 rings (SSSR count). The Kier molecular flexibility index (Phi) is 4.41. The summed E-state index contributed by atoms with van der Waals surface area (Å²) in [6, 6.07) is 7.52. The lowest BCUT2D eigenvalue weighted by Crippen LogP contribution is -2.37. The van der Waals surface area contributed by atoms with Gasteiger partial charge in [0.15, 0.2) is 0 Å². The van der Waals surface area contributed by atoms with Crippen LogP contribution in [-0.2, 0) is 4.79 Å². The maximum absolute atomic E-state index is 13.2. The van der Waals surface area contributed by atoms with Crippen molar-refractivity contribution < 1.29 is 13.6 Å². The molecule has 0 saturated heterocycles. The maximum atomic E-state index is 13.2. The van der Waals surface area contributed by atoms with E-state index in [1.807, 2.05) is 0 Å². The molecule has 2 aromatic rings. The molecular weight excluding hydrogens is 345 g/mol. The molecule has 1 N–H and O–H groups in total. The first-order valence-electron chi connectivity index (χ1n) is 6.96. The lowest BCUT2D eigenvalue weighted by atomic mass is 10.2. The monoisotopic (exact) mass is 356 g/mol. The van der Waals surface area contributed by atoms with E-state index >= 15 is 0 Å². The molecule has 23 heavy (non-hydrogen) atoms. The Morgan fingerprint density at radius 2 is 1.65 bits per heavy atom. The lowest BCUT2D eigenvalue weighted by molar-refractivity contribution is -0.119. The first-order valence-corrected chi connectivity index (χ1v) is 7.72. The first kappa shape index (κ1) is 16.0. The number of nitrogens with one attached hydrogen (secondary N) is 1. The number of carbonyl (C=O) groups excluding carboxylic acids is 1. The minimum absolute atomic E-state index is 0.0877. The summed E-state index contributed by atoms with van der Waals surface area (Å²) >= 11 is 12.1. The standard InChI is InChI=1S/C16H12Cl2F2N2O/c17-12-7-10(19)3-5-14(12)21-22(16(23)9-1-2-9)15-6-4-11(20)8-13(15)18/h3-9,21H,1-2H2. The molecule has 1 aliphatic rings. The van der Waals surface area contributed by atoms with Crippen LogP contribution in [0.5, 0.6) is 0 Å². The third-order valence-electron chi connectivity index (χ3n) is 3.46. The SMILES string of the molecule is O=C(C1CC1)N(Nc1ccc(F)cc1Cl)c1ccc(F)cc1Cl. The predicted octanol–water partition coefficient (Wildman–Crippen LogP) is 5.04.